The van der Waals surface area contributed by atoms with Crippen molar-refractivity contribution in [2.45, 2.75) is 45.3 Å². The van der Waals surface area contributed by atoms with Gasteiger partial charge in [-0.1, -0.05) is 13.0 Å². The van der Waals surface area contributed by atoms with Crippen LogP contribution in [0, 0.1) is 6.92 Å². The third-order valence-corrected chi connectivity index (χ3v) is 3.35. The van der Waals surface area contributed by atoms with Crippen LogP contribution >= 0.6 is 0 Å². The zero-order chi connectivity index (χ0) is 12.1. The average Bonchev–Trinajstić information content (AvgIpc) is 2.82. The van der Waals surface area contributed by atoms with Crippen LogP contribution in [0.1, 0.15) is 43.5 Å². The number of aromatic nitrogens is 1. The molecule has 0 saturated carbocycles. The number of ether oxygens (including phenoxy) is 1. The number of hydrogen-bond donors (Lipinski definition) is 1. The molecule has 1 aliphatic heterocycles. The molecule has 1 fully saturated rings. The molecule has 3 nitrogen and oxygen atoms in total. The molecule has 2 atom stereocenters. The summed E-state index contributed by atoms with van der Waals surface area (Å²) in [5, 5.41) is 3.52. The highest BCUT2D eigenvalue weighted by molar-refractivity contribution is 5.21. The summed E-state index contributed by atoms with van der Waals surface area (Å²) in [6, 6.07) is 4.44. The summed E-state index contributed by atoms with van der Waals surface area (Å²) >= 11 is 0. The van der Waals surface area contributed by atoms with Crippen molar-refractivity contribution in [3.8, 4) is 0 Å². The minimum atomic E-state index is 0.323. The molecule has 1 saturated heterocycles. The predicted octanol–water partition coefficient (Wildman–Crippen LogP) is 2.61. The second-order valence-electron chi connectivity index (χ2n) is 4.69. The minimum absolute atomic E-state index is 0.323. The Balaban J connectivity index is 2.08. The predicted molar refractivity (Wildman–Crippen MR) is 69.0 cm³/mol. The molecule has 0 amide bonds. The molecule has 1 aliphatic rings. The van der Waals surface area contributed by atoms with Crippen molar-refractivity contribution in [3.05, 3.63) is 29.6 Å². The largest absolute Gasteiger partial charge is 0.378 e. The second kappa shape index (κ2) is 6.12. The summed E-state index contributed by atoms with van der Waals surface area (Å²) in [6.07, 6.45) is 5.70. The molecule has 2 unspecified atom stereocenters. The summed E-state index contributed by atoms with van der Waals surface area (Å²) in [7, 11) is 0. The monoisotopic (exact) mass is 234 g/mol. The number of aryl methyl sites for hydroxylation is 1. The number of rotatable bonds is 5. The van der Waals surface area contributed by atoms with Gasteiger partial charge >= 0.3 is 0 Å². The lowest BCUT2D eigenvalue weighted by molar-refractivity contribution is 0.0942. The Morgan fingerprint density at radius 1 is 1.59 bits per heavy atom. The van der Waals surface area contributed by atoms with E-state index >= 15 is 0 Å². The first-order chi connectivity index (χ1) is 8.31. The Bertz CT molecular complexity index is 348. The maximum absolute atomic E-state index is 5.72. The average molecular weight is 234 g/mol. The van der Waals surface area contributed by atoms with Crippen LogP contribution in [0.4, 0.5) is 0 Å². The Hall–Kier alpha value is -0.930. The van der Waals surface area contributed by atoms with E-state index in [1.54, 1.807) is 0 Å². The van der Waals surface area contributed by atoms with Gasteiger partial charge in [0.05, 0.1) is 17.8 Å². The van der Waals surface area contributed by atoms with Gasteiger partial charge in [0.15, 0.2) is 0 Å². The van der Waals surface area contributed by atoms with Gasteiger partial charge in [-0.15, -0.1) is 0 Å². The smallest absolute Gasteiger partial charge is 0.0603 e. The number of hydrogen-bond acceptors (Lipinski definition) is 3. The molecule has 1 aromatic rings. The van der Waals surface area contributed by atoms with E-state index in [1.165, 1.54) is 24.1 Å². The molecule has 2 heterocycles. The van der Waals surface area contributed by atoms with E-state index < -0.39 is 0 Å². The second-order valence-corrected chi connectivity index (χ2v) is 4.69. The van der Waals surface area contributed by atoms with Crippen molar-refractivity contribution >= 4 is 0 Å². The van der Waals surface area contributed by atoms with E-state index in [0.717, 1.165) is 19.6 Å². The van der Waals surface area contributed by atoms with Gasteiger partial charge in [-0.05, 0) is 44.4 Å². The Kier molecular flexibility index (Phi) is 4.51. The lowest BCUT2D eigenvalue weighted by atomic mass is 10.0. The van der Waals surface area contributed by atoms with E-state index in [-0.39, 0.29) is 0 Å². The van der Waals surface area contributed by atoms with Crippen LogP contribution in [-0.2, 0) is 4.74 Å². The maximum atomic E-state index is 5.72. The molecule has 0 aromatic carbocycles. The van der Waals surface area contributed by atoms with E-state index in [9.17, 15) is 0 Å². The molecular formula is C14H22N2O. The molecule has 1 aromatic heterocycles. The van der Waals surface area contributed by atoms with Crippen molar-refractivity contribution in [2.75, 3.05) is 13.2 Å². The zero-order valence-electron chi connectivity index (χ0n) is 10.8. The molecule has 0 bridgehead atoms. The van der Waals surface area contributed by atoms with Crippen LogP contribution in [0.2, 0.25) is 0 Å². The fourth-order valence-corrected chi connectivity index (χ4v) is 2.49. The summed E-state index contributed by atoms with van der Waals surface area (Å²) in [4.78, 5) is 4.52. The van der Waals surface area contributed by atoms with Gasteiger partial charge in [0, 0.05) is 12.8 Å². The van der Waals surface area contributed by atoms with Crippen LogP contribution in [0.5, 0.6) is 0 Å². The van der Waals surface area contributed by atoms with Crippen molar-refractivity contribution in [2.24, 2.45) is 0 Å². The first-order valence-corrected chi connectivity index (χ1v) is 6.57. The zero-order valence-corrected chi connectivity index (χ0v) is 10.8. The van der Waals surface area contributed by atoms with E-state index in [0.29, 0.717) is 12.1 Å². The molecule has 94 valence electrons. The SMILES string of the molecule is CCNC(CC1CCCO1)c1ncccc1C. The van der Waals surface area contributed by atoms with Crippen molar-refractivity contribution in [1.82, 2.24) is 10.3 Å². The van der Waals surface area contributed by atoms with Crippen LogP contribution in [-0.4, -0.2) is 24.2 Å². The highest BCUT2D eigenvalue weighted by Gasteiger charge is 2.22. The minimum Gasteiger partial charge on any atom is -0.378 e. The van der Waals surface area contributed by atoms with E-state index in [2.05, 4.69) is 30.2 Å². The number of nitrogens with zero attached hydrogens (tertiary/aromatic N) is 1. The van der Waals surface area contributed by atoms with Crippen LogP contribution < -0.4 is 5.32 Å². The summed E-state index contributed by atoms with van der Waals surface area (Å²) in [5.74, 6) is 0. The number of nitrogens with one attached hydrogen (secondary N) is 1. The fourth-order valence-electron chi connectivity index (χ4n) is 2.49. The Morgan fingerprint density at radius 3 is 3.12 bits per heavy atom. The lowest BCUT2D eigenvalue weighted by Gasteiger charge is -2.22. The molecule has 17 heavy (non-hydrogen) atoms. The molecule has 0 radical (unpaired) electrons. The van der Waals surface area contributed by atoms with Crippen LogP contribution in [0.25, 0.3) is 0 Å². The van der Waals surface area contributed by atoms with Gasteiger partial charge in [0.2, 0.25) is 0 Å². The summed E-state index contributed by atoms with van der Waals surface area (Å²) in [6.45, 7) is 6.15. The van der Waals surface area contributed by atoms with E-state index in [4.69, 9.17) is 4.74 Å². The molecule has 2 rings (SSSR count). The molecule has 1 N–H and O–H groups in total. The normalized spacial score (nSPS) is 21.6. The van der Waals surface area contributed by atoms with Gasteiger partial charge in [0.1, 0.15) is 0 Å². The fraction of sp³-hybridized carbons (Fsp3) is 0.643. The standard InChI is InChI=1S/C14H22N2O/c1-3-15-13(10-12-7-5-9-17-12)14-11(2)6-4-8-16-14/h4,6,8,12-13,15H,3,5,7,9-10H2,1-2H3. The third kappa shape index (κ3) is 3.27. The lowest BCUT2D eigenvalue weighted by Crippen LogP contribution is -2.26. The Labute approximate surface area is 104 Å². The highest BCUT2D eigenvalue weighted by atomic mass is 16.5. The third-order valence-electron chi connectivity index (χ3n) is 3.35. The van der Waals surface area contributed by atoms with Gasteiger partial charge in [0.25, 0.3) is 0 Å². The molecular weight excluding hydrogens is 212 g/mol. The summed E-state index contributed by atoms with van der Waals surface area (Å²) < 4.78 is 5.72. The maximum Gasteiger partial charge on any atom is 0.0603 e. The molecule has 3 heteroatoms. The molecule has 0 spiro atoms. The first kappa shape index (κ1) is 12.5. The highest BCUT2D eigenvalue weighted by Crippen LogP contribution is 2.25. The van der Waals surface area contributed by atoms with Gasteiger partial charge in [-0.3, -0.25) is 4.98 Å². The molecule has 0 aliphatic carbocycles. The van der Waals surface area contributed by atoms with Crippen molar-refractivity contribution in [1.29, 1.82) is 0 Å². The van der Waals surface area contributed by atoms with Gasteiger partial charge < -0.3 is 10.1 Å². The van der Waals surface area contributed by atoms with Gasteiger partial charge in [-0.25, -0.2) is 0 Å². The van der Waals surface area contributed by atoms with Gasteiger partial charge in [-0.2, -0.15) is 0 Å². The quantitative estimate of drug-likeness (QED) is 0.850. The van der Waals surface area contributed by atoms with Crippen LogP contribution in [0.3, 0.4) is 0 Å². The van der Waals surface area contributed by atoms with Crippen molar-refractivity contribution < 1.29 is 4.74 Å². The van der Waals surface area contributed by atoms with Crippen LogP contribution in [0.15, 0.2) is 18.3 Å². The van der Waals surface area contributed by atoms with Crippen molar-refractivity contribution in [3.63, 3.8) is 0 Å². The Morgan fingerprint density at radius 2 is 2.47 bits per heavy atom. The first-order valence-electron chi connectivity index (χ1n) is 6.57. The number of pyridine rings is 1. The topological polar surface area (TPSA) is 34.1 Å². The summed E-state index contributed by atoms with van der Waals surface area (Å²) in [5.41, 5.74) is 2.43. The van der Waals surface area contributed by atoms with E-state index in [1.807, 2.05) is 12.3 Å².